The highest BCUT2D eigenvalue weighted by Gasteiger charge is 2.17. The lowest BCUT2D eigenvalue weighted by Gasteiger charge is -2.18. The van der Waals surface area contributed by atoms with Crippen LogP contribution < -0.4 is 5.36 Å². The van der Waals surface area contributed by atoms with E-state index < -0.39 is 0 Å². The molecule has 2 heterocycles. The summed E-state index contributed by atoms with van der Waals surface area (Å²) in [4.78, 5) is 4.88. The molecule has 0 bridgehead atoms. The fourth-order valence-corrected chi connectivity index (χ4v) is 3.00. The van der Waals surface area contributed by atoms with Crippen LogP contribution in [0.5, 0.6) is 0 Å². The van der Waals surface area contributed by atoms with Gasteiger partial charge in [-0.1, -0.05) is 35.5 Å². The van der Waals surface area contributed by atoms with Gasteiger partial charge in [-0.25, -0.2) is 0 Å². The molecule has 3 nitrogen and oxygen atoms in total. The molecule has 0 saturated carbocycles. The Morgan fingerprint density at radius 2 is 1.95 bits per heavy atom. The van der Waals surface area contributed by atoms with Crippen molar-refractivity contribution in [3.05, 3.63) is 59.6 Å². The van der Waals surface area contributed by atoms with Crippen LogP contribution in [-0.4, -0.2) is 11.7 Å². The van der Waals surface area contributed by atoms with Gasteiger partial charge >= 0.3 is 0 Å². The van der Waals surface area contributed by atoms with Crippen LogP contribution in [0.4, 0.5) is 0 Å². The number of allylic oxidation sites excluding steroid dienone is 1. The number of benzene rings is 2. The molecular weight excluding hydrogens is 248 g/mol. The Kier molecular flexibility index (Phi) is 2.39. The van der Waals surface area contributed by atoms with Crippen LogP contribution in [-0.2, 0) is 11.4 Å². The Morgan fingerprint density at radius 3 is 2.80 bits per heavy atom. The summed E-state index contributed by atoms with van der Waals surface area (Å²) in [5.41, 5.74) is 3.72. The van der Waals surface area contributed by atoms with Crippen molar-refractivity contribution >= 4 is 16.8 Å². The normalized spacial score (nSPS) is 14.2. The van der Waals surface area contributed by atoms with Crippen LogP contribution in [0.15, 0.2) is 53.7 Å². The van der Waals surface area contributed by atoms with Gasteiger partial charge in [0.25, 0.3) is 0 Å². The van der Waals surface area contributed by atoms with Crippen LogP contribution in [0.2, 0.25) is 0 Å². The van der Waals surface area contributed by atoms with Crippen molar-refractivity contribution in [1.29, 1.82) is 0 Å². The van der Waals surface area contributed by atoms with Gasteiger partial charge in [0.15, 0.2) is 0 Å². The van der Waals surface area contributed by atoms with Crippen molar-refractivity contribution in [2.75, 3.05) is 7.11 Å². The number of pyridine rings is 1. The maximum atomic E-state index is 4.88. The third-order valence-corrected chi connectivity index (χ3v) is 3.82. The number of aromatic nitrogens is 1. The molecule has 0 fully saturated rings. The van der Waals surface area contributed by atoms with Crippen molar-refractivity contribution in [1.82, 2.24) is 4.57 Å². The first-order valence-corrected chi connectivity index (χ1v) is 6.67. The second-order valence-corrected chi connectivity index (χ2v) is 4.92. The van der Waals surface area contributed by atoms with E-state index in [0.29, 0.717) is 0 Å². The van der Waals surface area contributed by atoms with E-state index in [1.165, 1.54) is 27.7 Å². The van der Waals surface area contributed by atoms with Gasteiger partial charge < -0.3 is 9.40 Å². The summed E-state index contributed by atoms with van der Waals surface area (Å²) < 4.78 is 2.33. The lowest BCUT2D eigenvalue weighted by atomic mass is 9.99. The van der Waals surface area contributed by atoms with Crippen LogP contribution in [0.25, 0.3) is 28.1 Å². The Morgan fingerprint density at radius 1 is 1.10 bits per heavy atom. The molecule has 0 amide bonds. The van der Waals surface area contributed by atoms with Gasteiger partial charge in [-0.05, 0) is 29.7 Å². The first kappa shape index (κ1) is 11.3. The molecule has 0 aromatic heterocycles. The lowest BCUT2D eigenvalue weighted by molar-refractivity contribution is 0.200. The summed E-state index contributed by atoms with van der Waals surface area (Å²) in [6.45, 7) is 0.910. The van der Waals surface area contributed by atoms with E-state index in [4.69, 9.17) is 4.84 Å². The molecule has 0 unspecified atom stereocenters. The second kappa shape index (κ2) is 4.23. The Labute approximate surface area is 116 Å². The summed E-state index contributed by atoms with van der Waals surface area (Å²) >= 11 is 0. The smallest absolute Gasteiger partial charge is 0.106 e. The van der Waals surface area contributed by atoms with E-state index in [9.17, 15) is 0 Å². The van der Waals surface area contributed by atoms with Gasteiger partial charge in [0.1, 0.15) is 12.5 Å². The summed E-state index contributed by atoms with van der Waals surface area (Å²) in [7, 11) is 1.57. The minimum absolute atomic E-state index is 0.844. The van der Waals surface area contributed by atoms with Gasteiger partial charge in [-0.3, -0.25) is 0 Å². The lowest BCUT2D eigenvalue weighted by Crippen LogP contribution is -2.10. The third kappa shape index (κ3) is 1.50. The van der Waals surface area contributed by atoms with Crippen LogP contribution in [0.1, 0.15) is 5.69 Å². The third-order valence-electron chi connectivity index (χ3n) is 3.82. The SMILES string of the molecule is CON=c1ccc2c3ccccc3c3n(c-2c1)CC=C3. The maximum Gasteiger partial charge on any atom is 0.106 e. The van der Waals surface area contributed by atoms with E-state index in [-0.39, 0.29) is 0 Å². The molecule has 3 aliphatic rings. The topological polar surface area (TPSA) is 26.5 Å². The summed E-state index contributed by atoms with van der Waals surface area (Å²) in [5.74, 6) is 0. The minimum Gasteiger partial charge on any atom is -0.399 e. The van der Waals surface area contributed by atoms with Crippen molar-refractivity contribution in [2.45, 2.75) is 6.54 Å². The van der Waals surface area contributed by atoms with Crippen LogP contribution in [0, 0.1) is 0 Å². The van der Waals surface area contributed by atoms with E-state index in [1.807, 2.05) is 6.07 Å². The quantitative estimate of drug-likeness (QED) is 0.488. The van der Waals surface area contributed by atoms with Gasteiger partial charge in [-0.15, -0.1) is 0 Å². The first-order chi connectivity index (χ1) is 9.88. The highest BCUT2D eigenvalue weighted by molar-refractivity contribution is 6.01. The van der Waals surface area contributed by atoms with E-state index >= 15 is 0 Å². The van der Waals surface area contributed by atoms with Crippen molar-refractivity contribution < 1.29 is 4.84 Å². The number of hydrogen-bond donors (Lipinski definition) is 0. The van der Waals surface area contributed by atoms with Crippen LogP contribution in [0.3, 0.4) is 0 Å². The van der Waals surface area contributed by atoms with E-state index in [1.54, 1.807) is 7.11 Å². The molecule has 0 radical (unpaired) electrons. The monoisotopic (exact) mass is 262 g/mol. The number of rotatable bonds is 1. The van der Waals surface area contributed by atoms with Crippen molar-refractivity contribution in [2.24, 2.45) is 5.16 Å². The molecule has 1 aromatic rings. The average Bonchev–Trinajstić information content (AvgIpc) is 2.98. The predicted octanol–water partition coefficient (Wildman–Crippen LogP) is 3.24. The molecule has 1 aliphatic carbocycles. The highest BCUT2D eigenvalue weighted by Crippen LogP contribution is 2.35. The standard InChI is InChI=1S/C17H14N2O/c1-20-18-12-8-9-15-13-5-2-3-6-14(13)16-7-4-10-19(16)17(15)11-12/h2-9,11H,10H2,1H3. The number of nitrogens with zero attached hydrogens (tertiary/aromatic N) is 2. The Bertz CT molecular complexity index is 874. The second-order valence-electron chi connectivity index (χ2n) is 4.92. The number of hydrogen-bond acceptors (Lipinski definition) is 2. The van der Waals surface area contributed by atoms with E-state index in [0.717, 1.165) is 11.9 Å². The molecule has 0 N–H and O–H groups in total. The minimum atomic E-state index is 0.844. The highest BCUT2D eigenvalue weighted by atomic mass is 16.6. The van der Waals surface area contributed by atoms with Crippen molar-refractivity contribution in [3.8, 4) is 11.3 Å². The van der Waals surface area contributed by atoms with E-state index in [2.05, 4.69) is 58.3 Å². The molecule has 3 heteroatoms. The molecule has 2 aliphatic heterocycles. The first-order valence-electron chi connectivity index (χ1n) is 6.67. The number of fused-ring (bicyclic) bond motifs is 6. The Hall–Kier alpha value is -2.55. The molecular formula is C17H14N2O. The molecule has 4 rings (SSSR count). The predicted molar refractivity (Wildman–Crippen MR) is 80.2 cm³/mol. The Balaban J connectivity index is 2.20. The van der Waals surface area contributed by atoms with Gasteiger partial charge in [0.2, 0.25) is 0 Å². The molecule has 0 spiro atoms. The zero-order valence-electron chi connectivity index (χ0n) is 11.2. The molecule has 98 valence electrons. The molecule has 0 atom stereocenters. The summed E-state index contributed by atoms with van der Waals surface area (Å²) in [6.07, 6.45) is 4.39. The molecule has 0 saturated heterocycles. The fourth-order valence-electron chi connectivity index (χ4n) is 3.00. The summed E-state index contributed by atoms with van der Waals surface area (Å²) in [5, 5.41) is 7.45. The van der Waals surface area contributed by atoms with Gasteiger partial charge in [0, 0.05) is 23.2 Å². The largest absolute Gasteiger partial charge is 0.399 e. The average molecular weight is 262 g/mol. The molecule has 1 aromatic carbocycles. The maximum absolute atomic E-state index is 4.88. The summed E-state index contributed by atoms with van der Waals surface area (Å²) in [6, 6.07) is 14.7. The molecule has 20 heavy (non-hydrogen) atoms. The van der Waals surface area contributed by atoms with Crippen molar-refractivity contribution in [3.63, 3.8) is 0 Å². The fraction of sp³-hybridized carbons (Fsp3) is 0.118. The van der Waals surface area contributed by atoms with Crippen LogP contribution >= 0.6 is 0 Å². The zero-order valence-corrected chi connectivity index (χ0v) is 11.2. The zero-order chi connectivity index (χ0) is 13.5. The van der Waals surface area contributed by atoms with Gasteiger partial charge in [-0.2, -0.15) is 0 Å². The van der Waals surface area contributed by atoms with Gasteiger partial charge in [0.05, 0.1) is 5.69 Å².